The van der Waals surface area contributed by atoms with Crippen molar-refractivity contribution in [1.82, 2.24) is 9.80 Å². The minimum atomic E-state index is -0.111. The summed E-state index contributed by atoms with van der Waals surface area (Å²) in [6.07, 6.45) is 0. The number of benzene rings is 16. The van der Waals surface area contributed by atoms with E-state index in [1.54, 1.807) is 259 Å². The molecule has 0 unspecified atom stereocenters. The third-order valence-electron chi connectivity index (χ3n) is 26.9. The highest BCUT2D eigenvalue weighted by atomic mass is 15.2. The first kappa shape index (κ1) is 25.1. The van der Waals surface area contributed by atoms with Crippen molar-refractivity contribution < 1.29 is 0 Å². The topological polar surface area (TPSA) is 6.48 Å². The van der Waals surface area contributed by atoms with Gasteiger partial charge in [0.05, 0.1) is 21.7 Å². The lowest BCUT2D eigenvalue weighted by Crippen LogP contribution is -2.51. The first-order chi connectivity index (χ1) is 33.7. The Morgan fingerprint density at radius 1 is 0.162 bits per heavy atom. The number of hydrogen-bond acceptors (Lipinski definition) is 2. The standard InChI is InChI=1S/C66H14N2/c1-67-3-63-55-39-23-7-9-27-15-11(23)31-19-20-32-12-16-28-10-8-24(12)40(56(63)48(32)47(31)55)42-26(8)14-18-30(10)46-44(28)60-52(36(16)20)51(35(15)19)59-43(27)45-29(9)17-13-25(7)41(39)57-49-33(13)21-22(34(14)50(49)58(42)64(57,63)4-67)38(18)54-53(37(17)21)61(45)66(62(46)54)6-68(2)5-65(59,60)66/h3-6H2,1-2H3. The molecule has 24 aromatic carbocycles. The maximum atomic E-state index is 2.88. The van der Waals surface area contributed by atoms with Crippen LogP contribution in [0.15, 0.2) is 0 Å². The summed E-state index contributed by atoms with van der Waals surface area (Å²) < 4.78 is 0. The van der Waals surface area contributed by atoms with Crippen molar-refractivity contribution in [3.05, 3.63) is 44.5 Å². The van der Waals surface area contributed by atoms with Gasteiger partial charge in [-0.1, -0.05) is 0 Å². The van der Waals surface area contributed by atoms with Crippen molar-refractivity contribution in [3.63, 3.8) is 0 Å². The molecule has 8 aliphatic carbocycles. The molecule has 0 amide bonds. The molecule has 10 aliphatic rings. The Kier molecular flexibility index (Phi) is 2.00. The molecule has 0 radical (unpaired) electrons. The first-order valence-electron chi connectivity index (χ1n) is 26.1. The molecular formula is C66H14N2. The Labute approximate surface area is 372 Å². The Morgan fingerprint density at radius 2 is 0.250 bits per heavy atom. The molecule has 2 heteroatoms. The molecule has 34 rings (SSSR count). The first-order valence-corrected chi connectivity index (χ1v) is 26.1. The molecule has 68 heavy (non-hydrogen) atoms. The number of rotatable bonds is 0. The highest BCUT2D eigenvalue weighted by Crippen LogP contribution is 2.87. The largest absolute Gasteiger partial charge is 0.304 e. The van der Waals surface area contributed by atoms with Crippen molar-refractivity contribution in [1.29, 1.82) is 0 Å². The molecule has 0 N–H and O–H groups in total. The average Bonchev–Trinajstić information content (AvgIpc) is 4.16. The second-order valence-corrected chi connectivity index (χ2v) is 27.0. The smallest absolute Gasteiger partial charge is 0.0505 e. The van der Waals surface area contributed by atoms with Crippen molar-refractivity contribution in [2.45, 2.75) is 21.7 Å². The van der Waals surface area contributed by atoms with E-state index in [1.165, 1.54) is 0 Å². The summed E-state index contributed by atoms with van der Waals surface area (Å²) in [5, 5.41) is 82.8. The molecule has 0 aromatic heterocycles. The van der Waals surface area contributed by atoms with E-state index in [1.807, 2.05) is 44.5 Å². The van der Waals surface area contributed by atoms with Gasteiger partial charge in [-0.05, 0) is 317 Å². The minimum Gasteiger partial charge on any atom is -0.304 e. The molecule has 2 nitrogen and oxygen atoms in total. The Hall–Kier alpha value is -7.36. The Morgan fingerprint density at radius 3 is 0.353 bits per heavy atom. The second kappa shape index (κ2) is 5.41. The molecule has 2 fully saturated rings. The van der Waals surface area contributed by atoms with Gasteiger partial charge < -0.3 is 9.80 Å². The van der Waals surface area contributed by atoms with Gasteiger partial charge in [0.15, 0.2) is 0 Å². The van der Waals surface area contributed by atoms with E-state index in [-0.39, 0.29) is 21.7 Å². The normalized spacial score (nSPS) is 29.2. The van der Waals surface area contributed by atoms with Gasteiger partial charge in [0, 0.05) is 26.2 Å². The number of likely N-dealkylation sites (tertiary alicyclic amines) is 2. The van der Waals surface area contributed by atoms with Gasteiger partial charge in [-0.2, -0.15) is 0 Å². The molecule has 288 valence electrons. The van der Waals surface area contributed by atoms with E-state index < -0.39 is 0 Å². The quantitative estimate of drug-likeness (QED) is 0.140. The van der Waals surface area contributed by atoms with Gasteiger partial charge in [-0.25, -0.2) is 0 Å². The van der Waals surface area contributed by atoms with Crippen molar-refractivity contribution >= 4 is 259 Å². The molecular weight excluding hydrogens is 821 g/mol. The lowest BCUT2D eigenvalue weighted by molar-refractivity contribution is 0.394. The summed E-state index contributed by atoms with van der Waals surface area (Å²) in [5.74, 6) is 0. The van der Waals surface area contributed by atoms with E-state index in [0.717, 1.165) is 26.2 Å². The molecule has 2 aliphatic heterocycles. The van der Waals surface area contributed by atoms with E-state index >= 15 is 0 Å². The van der Waals surface area contributed by atoms with Gasteiger partial charge in [0.25, 0.3) is 0 Å². The SMILES string of the molecule is CN1CC23c4c5c6c7c8c9c(c%10c%11c2c2c4c4c%12c5c5c6c6c8c8c%13c%14c%15c%16c%17c%18c%19c%20c%21c%22c%23c(c%14c%14c%24c%23c%23c%22c%22c%20c(c2c%22c%11c%23c%10c%24c9c%148)c4c%19c%12c%17c5c%16c%136)C%152CN(C)CC%18%212)C73C1. The zero-order valence-corrected chi connectivity index (χ0v) is 35.7. The van der Waals surface area contributed by atoms with Crippen LogP contribution in [-0.2, 0) is 21.7 Å². The van der Waals surface area contributed by atoms with Gasteiger partial charge in [-0.15, -0.1) is 0 Å². The molecule has 0 saturated carbocycles. The summed E-state index contributed by atoms with van der Waals surface area (Å²) in [7, 11) is 5.09. The predicted molar refractivity (Wildman–Crippen MR) is 282 cm³/mol. The van der Waals surface area contributed by atoms with Crippen LogP contribution in [0, 0.1) is 0 Å². The van der Waals surface area contributed by atoms with Crippen LogP contribution in [0.4, 0.5) is 0 Å². The fourth-order valence-electron chi connectivity index (χ4n) is 27.5. The fraction of sp³-hybridized carbons (Fsp3) is 0.152. The van der Waals surface area contributed by atoms with Gasteiger partial charge in [-0.3, -0.25) is 0 Å². The van der Waals surface area contributed by atoms with Crippen LogP contribution in [0.5, 0.6) is 0 Å². The third kappa shape index (κ3) is 1.23. The number of likely N-dealkylation sites (N-methyl/N-ethyl adjacent to an activating group) is 2. The number of nitrogens with zero attached hydrogens (tertiary/aromatic N) is 2. The highest BCUT2D eigenvalue weighted by Gasteiger charge is 2.75. The number of hydrogen-bond donors (Lipinski definition) is 0. The summed E-state index contributed by atoms with van der Waals surface area (Å²) >= 11 is 0. The summed E-state index contributed by atoms with van der Waals surface area (Å²) in [6, 6.07) is 0. The summed E-state index contributed by atoms with van der Waals surface area (Å²) in [6.45, 7) is 4.52. The van der Waals surface area contributed by atoms with Crippen LogP contribution in [0.2, 0.25) is 0 Å². The van der Waals surface area contributed by atoms with Crippen LogP contribution in [-0.4, -0.2) is 50.1 Å². The van der Waals surface area contributed by atoms with Crippen molar-refractivity contribution in [2.75, 3.05) is 40.3 Å². The van der Waals surface area contributed by atoms with Gasteiger partial charge >= 0.3 is 0 Å². The zero-order valence-electron chi connectivity index (χ0n) is 35.7. The van der Waals surface area contributed by atoms with Crippen molar-refractivity contribution in [2.24, 2.45) is 0 Å². The summed E-state index contributed by atoms with van der Waals surface area (Å²) in [5.41, 5.74) is 14.1. The van der Waals surface area contributed by atoms with Crippen LogP contribution in [0.3, 0.4) is 0 Å². The molecule has 2 heterocycles. The molecule has 24 aromatic rings. The predicted octanol–water partition coefficient (Wildman–Crippen LogP) is 14.7. The maximum Gasteiger partial charge on any atom is 0.0505 e. The fourth-order valence-corrected chi connectivity index (χ4v) is 27.5. The van der Waals surface area contributed by atoms with E-state index in [4.69, 9.17) is 0 Å². The lowest BCUT2D eigenvalue weighted by Gasteiger charge is -2.50. The van der Waals surface area contributed by atoms with Crippen molar-refractivity contribution in [3.8, 4) is 0 Å². The van der Waals surface area contributed by atoms with Crippen LogP contribution >= 0.6 is 0 Å². The molecule has 0 bridgehead atoms. The average molecular weight is 835 g/mol. The van der Waals surface area contributed by atoms with E-state index in [2.05, 4.69) is 23.9 Å². The third-order valence-corrected chi connectivity index (χ3v) is 26.9. The van der Waals surface area contributed by atoms with E-state index in [0.29, 0.717) is 0 Å². The second-order valence-electron chi connectivity index (χ2n) is 27.0. The Balaban J connectivity index is 1.23. The van der Waals surface area contributed by atoms with E-state index in [9.17, 15) is 0 Å². The molecule has 4 spiro atoms. The van der Waals surface area contributed by atoms with Crippen LogP contribution < -0.4 is 0 Å². The molecule has 0 atom stereocenters. The maximum absolute atomic E-state index is 2.88. The molecule has 2 saturated heterocycles. The minimum absolute atomic E-state index is 0.111. The zero-order chi connectivity index (χ0) is 40.3. The lowest BCUT2D eigenvalue weighted by atomic mass is 9.50. The summed E-state index contributed by atoms with van der Waals surface area (Å²) in [4.78, 5) is 5.76. The van der Waals surface area contributed by atoms with Gasteiger partial charge in [0.2, 0.25) is 0 Å². The van der Waals surface area contributed by atoms with Crippen LogP contribution in [0.25, 0.3) is 259 Å². The van der Waals surface area contributed by atoms with Crippen LogP contribution in [0.1, 0.15) is 44.5 Å². The van der Waals surface area contributed by atoms with Gasteiger partial charge in [0.1, 0.15) is 0 Å². The highest BCUT2D eigenvalue weighted by molar-refractivity contribution is 6.77. The Bertz CT molecular complexity index is 5920. The monoisotopic (exact) mass is 834 g/mol.